The van der Waals surface area contributed by atoms with Crippen LogP contribution in [0.1, 0.15) is 11.1 Å². The molecule has 0 amide bonds. The molecule has 0 atom stereocenters. The first-order valence-electron chi connectivity index (χ1n) is 8.29. The lowest BCUT2D eigenvalue weighted by atomic mass is 10.1. The number of anilines is 1. The molecule has 0 spiro atoms. The van der Waals surface area contributed by atoms with Gasteiger partial charge in [0.1, 0.15) is 12.4 Å². The maximum absolute atomic E-state index is 13.3. The summed E-state index contributed by atoms with van der Waals surface area (Å²) in [6.07, 6.45) is 0. The number of methoxy groups -OCH3 is 1. The molecule has 0 aliphatic rings. The van der Waals surface area contributed by atoms with Crippen LogP contribution in [0.3, 0.4) is 0 Å². The summed E-state index contributed by atoms with van der Waals surface area (Å²) in [6.45, 7) is 0.868. The van der Waals surface area contributed by atoms with E-state index in [1.807, 2.05) is 42.5 Å². The van der Waals surface area contributed by atoms with Gasteiger partial charge in [-0.2, -0.15) is 0 Å². The van der Waals surface area contributed by atoms with Crippen LogP contribution in [-0.2, 0) is 13.2 Å². The zero-order chi connectivity index (χ0) is 19.2. The van der Waals surface area contributed by atoms with Gasteiger partial charge in [0.05, 0.1) is 12.1 Å². The lowest BCUT2D eigenvalue weighted by Gasteiger charge is -2.18. The Morgan fingerprint density at radius 2 is 1.85 bits per heavy atom. The highest BCUT2D eigenvalue weighted by Crippen LogP contribution is 2.37. The molecule has 1 N–H and O–H groups in total. The fourth-order valence-corrected chi connectivity index (χ4v) is 3.23. The Balaban J connectivity index is 1.83. The van der Waals surface area contributed by atoms with E-state index in [2.05, 4.69) is 21.2 Å². The Kier molecular flexibility index (Phi) is 6.58. The smallest absolute Gasteiger partial charge is 0.167 e. The van der Waals surface area contributed by atoms with Gasteiger partial charge < -0.3 is 14.8 Å². The molecule has 3 aromatic carbocycles. The molecule has 0 fully saturated rings. The fourth-order valence-electron chi connectivity index (χ4n) is 2.59. The van der Waals surface area contributed by atoms with Gasteiger partial charge in [-0.3, -0.25) is 0 Å². The van der Waals surface area contributed by atoms with Crippen molar-refractivity contribution in [1.29, 1.82) is 0 Å². The van der Waals surface area contributed by atoms with E-state index < -0.39 is 5.82 Å². The van der Waals surface area contributed by atoms with Crippen LogP contribution in [0.25, 0.3) is 0 Å². The average molecular weight is 451 g/mol. The van der Waals surface area contributed by atoms with Crippen molar-refractivity contribution in [3.8, 4) is 11.5 Å². The Morgan fingerprint density at radius 1 is 1.07 bits per heavy atom. The maximum atomic E-state index is 13.3. The molecule has 27 heavy (non-hydrogen) atoms. The van der Waals surface area contributed by atoms with Crippen LogP contribution in [0.2, 0.25) is 5.02 Å². The number of benzene rings is 3. The zero-order valence-electron chi connectivity index (χ0n) is 14.6. The van der Waals surface area contributed by atoms with E-state index in [1.165, 1.54) is 6.07 Å². The average Bonchev–Trinajstić information content (AvgIpc) is 2.69. The summed E-state index contributed by atoms with van der Waals surface area (Å²) in [4.78, 5) is 0. The predicted octanol–water partition coefficient (Wildman–Crippen LogP) is 6.44. The molecule has 3 nitrogen and oxygen atoms in total. The Morgan fingerprint density at radius 3 is 2.56 bits per heavy atom. The number of halogens is 3. The van der Waals surface area contributed by atoms with Crippen LogP contribution in [0.15, 0.2) is 65.1 Å². The summed E-state index contributed by atoms with van der Waals surface area (Å²) in [6, 6.07) is 18.2. The largest absolute Gasteiger partial charge is 0.493 e. The molecule has 3 aromatic rings. The highest BCUT2D eigenvalue weighted by Gasteiger charge is 2.15. The summed E-state index contributed by atoms with van der Waals surface area (Å²) < 4.78 is 25.8. The third kappa shape index (κ3) is 4.93. The van der Waals surface area contributed by atoms with Crippen molar-refractivity contribution in [2.45, 2.75) is 13.2 Å². The summed E-state index contributed by atoms with van der Waals surface area (Å²) in [5, 5.41) is 3.32. The number of hydrogen-bond donors (Lipinski definition) is 1. The van der Waals surface area contributed by atoms with Gasteiger partial charge in [0.2, 0.25) is 0 Å². The van der Waals surface area contributed by atoms with Gasteiger partial charge >= 0.3 is 0 Å². The molecule has 0 unspecified atom stereocenters. The highest BCUT2D eigenvalue weighted by atomic mass is 79.9. The topological polar surface area (TPSA) is 30.5 Å². The van der Waals surface area contributed by atoms with E-state index >= 15 is 0 Å². The minimum atomic E-state index is -0.448. The van der Waals surface area contributed by atoms with E-state index in [0.717, 1.165) is 15.6 Å². The van der Waals surface area contributed by atoms with Gasteiger partial charge in [0, 0.05) is 22.3 Å². The van der Waals surface area contributed by atoms with Crippen molar-refractivity contribution in [2.75, 3.05) is 12.4 Å². The molecule has 0 radical (unpaired) electrons. The monoisotopic (exact) mass is 449 g/mol. The molecule has 6 heteroatoms. The Hall–Kier alpha value is -2.24. The highest BCUT2D eigenvalue weighted by molar-refractivity contribution is 9.10. The second kappa shape index (κ2) is 9.11. The SMILES string of the molecule is COc1ccc(Br)c(CNc2ccc(F)c(Cl)c2)c1OCc1ccccc1. The molecule has 0 saturated carbocycles. The van der Waals surface area contributed by atoms with Crippen molar-refractivity contribution in [3.05, 3.63) is 87.1 Å². The molecular weight excluding hydrogens is 433 g/mol. The van der Waals surface area contributed by atoms with Crippen LogP contribution in [0.4, 0.5) is 10.1 Å². The van der Waals surface area contributed by atoms with E-state index in [-0.39, 0.29) is 5.02 Å². The molecule has 0 aromatic heterocycles. The predicted molar refractivity (Wildman–Crippen MR) is 110 cm³/mol. The van der Waals surface area contributed by atoms with E-state index in [4.69, 9.17) is 21.1 Å². The number of hydrogen-bond acceptors (Lipinski definition) is 3. The molecule has 140 valence electrons. The lowest BCUT2D eigenvalue weighted by molar-refractivity contribution is 0.281. The normalized spacial score (nSPS) is 10.5. The van der Waals surface area contributed by atoms with Crippen molar-refractivity contribution in [3.63, 3.8) is 0 Å². The Bertz CT molecular complexity index is 922. The van der Waals surface area contributed by atoms with Gasteiger partial charge in [0.15, 0.2) is 11.5 Å². The van der Waals surface area contributed by atoms with E-state index in [0.29, 0.717) is 30.3 Å². The third-order valence-corrected chi connectivity index (χ3v) is 5.03. The lowest BCUT2D eigenvalue weighted by Crippen LogP contribution is -2.06. The van der Waals surface area contributed by atoms with Crippen LogP contribution in [0, 0.1) is 5.82 Å². The van der Waals surface area contributed by atoms with Crippen LogP contribution in [0.5, 0.6) is 11.5 Å². The number of nitrogens with one attached hydrogen (secondary N) is 1. The summed E-state index contributed by atoms with van der Waals surface area (Å²) in [5.41, 5.74) is 2.67. The number of ether oxygens (including phenoxy) is 2. The van der Waals surface area contributed by atoms with Crippen molar-refractivity contribution in [1.82, 2.24) is 0 Å². The maximum Gasteiger partial charge on any atom is 0.167 e. The zero-order valence-corrected chi connectivity index (χ0v) is 17.0. The minimum Gasteiger partial charge on any atom is -0.493 e. The van der Waals surface area contributed by atoms with Crippen molar-refractivity contribution in [2.24, 2.45) is 0 Å². The van der Waals surface area contributed by atoms with Crippen molar-refractivity contribution < 1.29 is 13.9 Å². The van der Waals surface area contributed by atoms with Gasteiger partial charge in [-0.1, -0.05) is 57.9 Å². The molecule has 3 rings (SSSR count). The van der Waals surface area contributed by atoms with Gasteiger partial charge in [0.25, 0.3) is 0 Å². The number of rotatable bonds is 7. The van der Waals surface area contributed by atoms with Gasteiger partial charge in [-0.05, 0) is 35.9 Å². The van der Waals surface area contributed by atoms with Crippen LogP contribution in [-0.4, -0.2) is 7.11 Å². The first kappa shape index (κ1) is 19.5. The molecule has 0 saturated heterocycles. The van der Waals surface area contributed by atoms with Crippen LogP contribution >= 0.6 is 27.5 Å². The van der Waals surface area contributed by atoms with Crippen molar-refractivity contribution >= 4 is 33.2 Å². The fraction of sp³-hybridized carbons (Fsp3) is 0.143. The van der Waals surface area contributed by atoms with Gasteiger partial charge in [-0.25, -0.2) is 4.39 Å². The van der Waals surface area contributed by atoms with E-state index in [1.54, 1.807) is 19.2 Å². The molecular formula is C21H18BrClFNO2. The van der Waals surface area contributed by atoms with E-state index in [9.17, 15) is 4.39 Å². The molecule has 0 heterocycles. The summed E-state index contributed by atoms with van der Waals surface area (Å²) in [5.74, 6) is 0.844. The second-order valence-electron chi connectivity index (χ2n) is 5.81. The van der Waals surface area contributed by atoms with Gasteiger partial charge in [-0.15, -0.1) is 0 Å². The first-order chi connectivity index (χ1) is 13.1. The second-order valence-corrected chi connectivity index (χ2v) is 7.08. The molecule has 0 aliphatic heterocycles. The first-order valence-corrected chi connectivity index (χ1v) is 9.46. The van der Waals surface area contributed by atoms with Crippen LogP contribution < -0.4 is 14.8 Å². The minimum absolute atomic E-state index is 0.0743. The molecule has 0 aliphatic carbocycles. The third-order valence-electron chi connectivity index (χ3n) is 4.00. The quantitative estimate of drug-likeness (QED) is 0.449. The summed E-state index contributed by atoms with van der Waals surface area (Å²) in [7, 11) is 1.61. The standard InChI is InChI=1S/C21H18BrClFNO2/c1-26-20-10-8-17(22)16(12-25-15-7-9-19(24)18(23)11-15)21(20)27-13-14-5-3-2-4-6-14/h2-11,25H,12-13H2,1H3. The molecule has 0 bridgehead atoms. The summed E-state index contributed by atoms with van der Waals surface area (Å²) >= 11 is 9.43. The Labute approximate surface area is 171 Å².